The van der Waals surface area contributed by atoms with Crippen LogP contribution in [0.4, 0.5) is 0 Å². The lowest BCUT2D eigenvalue weighted by Crippen LogP contribution is -2.04. The smallest absolute Gasteiger partial charge is 0.194 e. The van der Waals surface area contributed by atoms with Gasteiger partial charge in [-0.15, -0.1) is 0 Å². The summed E-state index contributed by atoms with van der Waals surface area (Å²) >= 11 is 8.01. The van der Waals surface area contributed by atoms with Crippen LogP contribution in [-0.2, 0) is 0 Å². The Bertz CT molecular complexity index is 561. The van der Waals surface area contributed by atoms with Gasteiger partial charge in [0.15, 0.2) is 5.78 Å². The third kappa shape index (κ3) is 2.69. The summed E-state index contributed by atoms with van der Waals surface area (Å²) in [5.41, 5.74) is 2.52. The molecule has 86 valence electrons. The van der Waals surface area contributed by atoms with Crippen molar-refractivity contribution in [2.24, 2.45) is 0 Å². The third-order valence-electron chi connectivity index (χ3n) is 2.54. The summed E-state index contributed by atoms with van der Waals surface area (Å²) in [5, 5.41) is 0.639. The average Bonchev–Trinajstić information content (AvgIpc) is 2.33. The number of aryl methyl sites for hydroxylation is 1. The van der Waals surface area contributed by atoms with E-state index < -0.39 is 0 Å². The van der Waals surface area contributed by atoms with Gasteiger partial charge in [0.1, 0.15) is 0 Å². The maximum absolute atomic E-state index is 12.3. The number of rotatable bonds is 2. The van der Waals surface area contributed by atoms with E-state index in [1.165, 1.54) is 0 Å². The quantitative estimate of drug-likeness (QED) is 0.572. The molecule has 0 atom stereocenters. The van der Waals surface area contributed by atoms with Crippen molar-refractivity contribution in [2.45, 2.75) is 6.92 Å². The normalized spacial score (nSPS) is 10.3. The van der Waals surface area contributed by atoms with E-state index in [9.17, 15) is 4.79 Å². The fourth-order valence-corrected chi connectivity index (χ4v) is 2.31. The molecule has 0 unspecified atom stereocenters. The summed E-state index contributed by atoms with van der Waals surface area (Å²) in [6.07, 6.45) is 0. The standard InChI is InChI=1S/C14H10ClIO/c1-9-3-2-4-12(13(9)16)14(17)10-5-7-11(15)8-6-10/h2-8H,1H3. The minimum Gasteiger partial charge on any atom is -0.289 e. The lowest BCUT2D eigenvalue weighted by Gasteiger charge is -2.06. The number of hydrogen-bond donors (Lipinski definition) is 0. The van der Waals surface area contributed by atoms with E-state index in [2.05, 4.69) is 22.6 Å². The van der Waals surface area contributed by atoms with Crippen LogP contribution in [0.15, 0.2) is 42.5 Å². The van der Waals surface area contributed by atoms with Crippen LogP contribution in [0, 0.1) is 10.5 Å². The highest BCUT2D eigenvalue weighted by molar-refractivity contribution is 14.1. The summed E-state index contributed by atoms with van der Waals surface area (Å²) < 4.78 is 1.00. The summed E-state index contributed by atoms with van der Waals surface area (Å²) in [6, 6.07) is 12.7. The Morgan fingerprint density at radius 3 is 2.41 bits per heavy atom. The topological polar surface area (TPSA) is 17.1 Å². The molecule has 17 heavy (non-hydrogen) atoms. The maximum Gasteiger partial charge on any atom is 0.194 e. The molecular weight excluding hydrogens is 347 g/mol. The molecule has 0 aliphatic heterocycles. The van der Waals surface area contributed by atoms with Crippen molar-refractivity contribution in [1.82, 2.24) is 0 Å². The molecule has 0 aliphatic rings. The van der Waals surface area contributed by atoms with Crippen molar-refractivity contribution in [2.75, 3.05) is 0 Å². The van der Waals surface area contributed by atoms with Gasteiger partial charge in [-0.1, -0.05) is 23.7 Å². The van der Waals surface area contributed by atoms with Gasteiger partial charge in [0.25, 0.3) is 0 Å². The number of carbonyl (C=O) groups excluding carboxylic acids is 1. The van der Waals surface area contributed by atoms with E-state index in [1.807, 2.05) is 25.1 Å². The van der Waals surface area contributed by atoms with Crippen LogP contribution in [-0.4, -0.2) is 5.78 Å². The molecule has 0 amide bonds. The van der Waals surface area contributed by atoms with Crippen LogP contribution in [0.2, 0.25) is 5.02 Å². The van der Waals surface area contributed by atoms with Crippen molar-refractivity contribution in [3.8, 4) is 0 Å². The molecule has 0 heterocycles. The van der Waals surface area contributed by atoms with Crippen LogP contribution in [0.3, 0.4) is 0 Å². The number of ketones is 1. The van der Waals surface area contributed by atoms with Gasteiger partial charge in [0, 0.05) is 19.7 Å². The highest BCUT2D eigenvalue weighted by Gasteiger charge is 2.13. The van der Waals surface area contributed by atoms with Crippen LogP contribution >= 0.6 is 34.2 Å². The molecular formula is C14H10ClIO. The number of carbonyl (C=O) groups is 1. The van der Waals surface area contributed by atoms with Crippen molar-refractivity contribution in [3.63, 3.8) is 0 Å². The highest BCUT2D eigenvalue weighted by Crippen LogP contribution is 2.20. The number of halogens is 2. The molecule has 0 saturated heterocycles. The summed E-state index contributed by atoms with van der Waals surface area (Å²) in [7, 11) is 0. The predicted molar refractivity (Wildman–Crippen MR) is 78.8 cm³/mol. The molecule has 0 aliphatic carbocycles. The molecule has 0 radical (unpaired) electrons. The second-order valence-electron chi connectivity index (χ2n) is 3.77. The van der Waals surface area contributed by atoms with E-state index >= 15 is 0 Å². The predicted octanol–water partition coefficient (Wildman–Crippen LogP) is 4.48. The SMILES string of the molecule is Cc1cccc(C(=O)c2ccc(Cl)cc2)c1I. The van der Waals surface area contributed by atoms with Gasteiger partial charge in [-0.25, -0.2) is 0 Å². The monoisotopic (exact) mass is 356 g/mol. The van der Waals surface area contributed by atoms with Gasteiger partial charge in [0.05, 0.1) is 0 Å². The Morgan fingerprint density at radius 2 is 1.76 bits per heavy atom. The van der Waals surface area contributed by atoms with Crippen molar-refractivity contribution >= 4 is 40.0 Å². The third-order valence-corrected chi connectivity index (χ3v) is 4.23. The minimum atomic E-state index is 0.0368. The molecule has 0 bridgehead atoms. The van der Waals surface area contributed by atoms with Crippen LogP contribution < -0.4 is 0 Å². The van der Waals surface area contributed by atoms with Gasteiger partial charge in [-0.2, -0.15) is 0 Å². The van der Waals surface area contributed by atoms with Crippen molar-refractivity contribution in [1.29, 1.82) is 0 Å². The highest BCUT2D eigenvalue weighted by atomic mass is 127. The first-order valence-electron chi connectivity index (χ1n) is 5.15. The molecule has 0 aromatic heterocycles. The van der Waals surface area contributed by atoms with Gasteiger partial charge in [-0.05, 0) is 65.4 Å². The van der Waals surface area contributed by atoms with E-state index in [1.54, 1.807) is 24.3 Å². The average molecular weight is 357 g/mol. The van der Waals surface area contributed by atoms with E-state index in [0.717, 1.165) is 14.7 Å². The molecule has 0 fully saturated rings. The van der Waals surface area contributed by atoms with Crippen LogP contribution in [0.1, 0.15) is 21.5 Å². The lowest BCUT2D eigenvalue weighted by atomic mass is 10.0. The Morgan fingerprint density at radius 1 is 1.12 bits per heavy atom. The first kappa shape index (κ1) is 12.6. The zero-order valence-electron chi connectivity index (χ0n) is 9.21. The van der Waals surface area contributed by atoms with E-state index in [0.29, 0.717) is 10.6 Å². The van der Waals surface area contributed by atoms with Crippen molar-refractivity contribution < 1.29 is 4.79 Å². The summed E-state index contributed by atoms with van der Waals surface area (Å²) in [5.74, 6) is 0.0368. The summed E-state index contributed by atoms with van der Waals surface area (Å²) in [4.78, 5) is 12.3. The first-order valence-corrected chi connectivity index (χ1v) is 6.60. The molecule has 1 nitrogen and oxygen atoms in total. The van der Waals surface area contributed by atoms with Gasteiger partial charge < -0.3 is 0 Å². The molecule has 2 aromatic rings. The fraction of sp³-hybridized carbons (Fsp3) is 0.0714. The molecule has 3 heteroatoms. The van der Waals surface area contributed by atoms with Gasteiger partial charge in [0.2, 0.25) is 0 Å². The minimum absolute atomic E-state index is 0.0368. The summed E-state index contributed by atoms with van der Waals surface area (Å²) in [6.45, 7) is 2.00. The lowest BCUT2D eigenvalue weighted by molar-refractivity contribution is 0.103. The zero-order valence-corrected chi connectivity index (χ0v) is 12.1. The molecule has 2 rings (SSSR count). The molecule has 0 saturated carbocycles. The van der Waals surface area contributed by atoms with Gasteiger partial charge in [-0.3, -0.25) is 4.79 Å². The van der Waals surface area contributed by atoms with Gasteiger partial charge >= 0.3 is 0 Å². The van der Waals surface area contributed by atoms with E-state index in [4.69, 9.17) is 11.6 Å². The van der Waals surface area contributed by atoms with E-state index in [-0.39, 0.29) is 5.78 Å². The van der Waals surface area contributed by atoms with Crippen LogP contribution in [0.25, 0.3) is 0 Å². The fourth-order valence-electron chi connectivity index (χ4n) is 1.58. The Labute approximate surface area is 119 Å². The Kier molecular flexibility index (Phi) is 3.84. The first-order chi connectivity index (χ1) is 8.09. The Balaban J connectivity index is 2.44. The van der Waals surface area contributed by atoms with Crippen molar-refractivity contribution in [3.05, 3.63) is 67.7 Å². The zero-order chi connectivity index (χ0) is 12.4. The number of hydrogen-bond acceptors (Lipinski definition) is 1. The largest absolute Gasteiger partial charge is 0.289 e. The Hall–Kier alpha value is -0.870. The molecule has 2 aromatic carbocycles. The maximum atomic E-state index is 12.3. The molecule has 0 spiro atoms. The second-order valence-corrected chi connectivity index (χ2v) is 5.29. The van der Waals surface area contributed by atoms with Crippen LogP contribution in [0.5, 0.6) is 0 Å². The second kappa shape index (κ2) is 5.19. The number of benzene rings is 2. The molecule has 0 N–H and O–H groups in total.